The number of carboxylic acids is 3. The molecule has 2 saturated heterocycles. The number of aliphatic carboxylic acids is 3. The lowest BCUT2D eigenvalue weighted by atomic mass is 10.4. The van der Waals surface area contributed by atoms with Crippen LogP contribution in [0.2, 0.25) is 0 Å². The van der Waals surface area contributed by atoms with Crippen molar-refractivity contribution in [2.75, 3.05) is 152 Å². The number of hydrogen-bond acceptors (Lipinski definition) is 30. The van der Waals surface area contributed by atoms with E-state index in [2.05, 4.69) is 116 Å². The summed E-state index contributed by atoms with van der Waals surface area (Å²) in [6.45, 7) is 26.0. The molecule has 36 heteroatoms. The molecule has 18 N–H and O–H groups in total. The summed E-state index contributed by atoms with van der Waals surface area (Å²) in [6.07, 6.45) is 9.62. The number of nitrogens with zero attached hydrogens (tertiary/aromatic N) is 1. The number of rotatable bonds is 21. The number of ether oxygens (including phenoxy) is 9. The molecule has 2 aliphatic heterocycles. The van der Waals surface area contributed by atoms with Crippen molar-refractivity contribution in [3.63, 3.8) is 0 Å². The van der Waals surface area contributed by atoms with Crippen molar-refractivity contribution in [2.24, 2.45) is 0 Å². The first-order chi connectivity index (χ1) is 39.8. The Balaban J connectivity index is -0.0000000481. The van der Waals surface area contributed by atoms with Gasteiger partial charge in [0.15, 0.2) is 6.79 Å². The number of carbonyl (C=O) groups excluding carboxylic acids is 4. The Morgan fingerprint density at radius 3 is 0.859 bits per heavy atom. The predicted molar refractivity (Wildman–Crippen MR) is 313 cm³/mol. The Bertz CT molecular complexity index is 1140. The van der Waals surface area contributed by atoms with Crippen molar-refractivity contribution in [2.45, 2.75) is 101 Å². The molecule has 0 unspecified atom stereocenters. The largest absolute Gasteiger partial charge is 0.480 e. The molecule has 522 valence electrons. The number of halogens is 2. The summed E-state index contributed by atoms with van der Waals surface area (Å²) in [5, 5.41) is 118. The van der Waals surface area contributed by atoms with Crippen LogP contribution in [0.5, 0.6) is 0 Å². The predicted octanol–water partition coefficient (Wildman–Crippen LogP) is -1.16. The van der Waals surface area contributed by atoms with E-state index >= 15 is 0 Å². The standard InChI is InChI=1S/C6H15N.C6H8O5.C5H10O4.C4H7BrO2.2C4H8O.C3H3ClO.2C3H6O4.2C3H8.5CH4O2.H2O/c1-4-7(5-2)6-3;1-2-6(9)11-4-10-3-5(7)8;1-2-9-5(7)3-8-4-6;1-2-7-4(6)3-5;2*1-2-4-5-3-1;1-2-3(4)5;2*4-2-7-1-3(5)6;2*1-3-2;5*2-1-3;/h4-6H2,1-3H3;2H,1,3-4H2,(H,7,8);6H,2-4H2,1H3;2-3H2,1H3;2*1-4H2;2H,1H2;2*4H,1-2H2,(H,5,6);2*3H2,1-2H3;5*2-3H,1H2;1H2. The highest BCUT2D eigenvalue weighted by atomic mass is 79.9. The first kappa shape index (κ1) is 119. The van der Waals surface area contributed by atoms with E-state index in [9.17, 15) is 33.6 Å². The number of hydrogen-bond donors (Lipinski definition) is 16. The zero-order chi connectivity index (χ0) is 68.9. The third-order valence-electron chi connectivity index (χ3n) is 5.50. The van der Waals surface area contributed by atoms with Crippen LogP contribution < -0.4 is 0 Å². The second-order valence-corrected chi connectivity index (χ2v) is 13.3. The lowest BCUT2D eigenvalue weighted by Gasteiger charge is -2.13. The van der Waals surface area contributed by atoms with E-state index in [-0.39, 0.29) is 24.8 Å². The van der Waals surface area contributed by atoms with Gasteiger partial charge in [-0.15, -0.1) is 0 Å². The molecule has 2 heterocycles. The molecule has 2 aliphatic rings. The van der Waals surface area contributed by atoms with Crippen molar-refractivity contribution >= 4 is 68.6 Å². The quantitative estimate of drug-likeness (QED) is 0.0123. The molecule has 0 amide bonds. The fourth-order valence-corrected chi connectivity index (χ4v) is 2.94. The molecule has 0 radical (unpaired) electrons. The minimum Gasteiger partial charge on any atom is -0.480 e. The number of aliphatic hydroxyl groups is 13. The normalized spacial score (nSPS) is 9.75. The fourth-order valence-electron chi connectivity index (χ4n) is 2.78. The molecular weight excluding hydrogens is 1250 g/mol. The van der Waals surface area contributed by atoms with E-state index in [1.165, 1.54) is 58.2 Å². The molecule has 0 spiro atoms. The minimum atomic E-state index is -1.11. The van der Waals surface area contributed by atoms with Crippen LogP contribution in [-0.4, -0.2) is 285 Å². The summed E-state index contributed by atoms with van der Waals surface area (Å²) in [7, 11) is 0. The second kappa shape index (κ2) is 139. The van der Waals surface area contributed by atoms with Crippen LogP contribution in [0.1, 0.15) is 101 Å². The zero-order valence-electron chi connectivity index (χ0n) is 51.0. The molecule has 0 bridgehead atoms. The first-order valence-electron chi connectivity index (χ1n) is 25.1. The van der Waals surface area contributed by atoms with Gasteiger partial charge in [0, 0.05) is 32.5 Å². The SMILES string of the molecule is C1CCOC1.C1CCOC1.C=CC(=O)Cl.C=CC(=O)OCOCC(=O)O.CCC.CCC.CCN(CC)CC.CCOC(=O)CBr.CCOC(=O)COCO.O.O=C(O)COCO.O=C(O)COCO.OCO.OCO.OCO.OCO.OCO. The highest BCUT2D eigenvalue weighted by molar-refractivity contribution is 9.09. The number of carboxylic acid groups (broad SMARTS) is 3. The average Bonchev–Trinajstić information content (AvgIpc) is 4.26. The smallest absolute Gasteiger partial charge is 0.332 e. The van der Waals surface area contributed by atoms with Crippen LogP contribution in [0.4, 0.5) is 0 Å². The Labute approximate surface area is 513 Å². The Morgan fingerprint density at radius 2 is 0.718 bits per heavy atom. The van der Waals surface area contributed by atoms with Gasteiger partial charge in [-0.05, 0) is 76.8 Å². The molecule has 0 atom stereocenters. The summed E-state index contributed by atoms with van der Waals surface area (Å²) in [5.74, 6) is -4.56. The van der Waals surface area contributed by atoms with Gasteiger partial charge in [0.25, 0.3) is 0 Å². The number of alkyl halides is 1. The zero-order valence-corrected chi connectivity index (χ0v) is 53.3. The molecule has 0 aromatic heterocycles. The van der Waals surface area contributed by atoms with Crippen LogP contribution in [-0.2, 0) is 76.2 Å². The molecule has 0 aliphatic carbocycles. The van der Waals surface area contributed by atoms with Gasteiger partial charge in [-0.25, -0.2) is 24.0 Å². The van der Waals surface area contributed by atoms with E-state index in [1.807, 2.05) is 0 Å². The van der Waals surface area contributed by atoms with Gasteiger partial charge >= 0.3 is 35.8 Å². The van der Waals surface area contributed by atoms with Crippen LogP contribution in [0.3, 0.4) is 0 Å². The molecule has 85 heavy (non-hydrogen) atoms. The summed E-state index contributed by atoms with van der Waals surface area (Å²) < 4.78 is 40.0. The minimum absolute atomic E-state index is 0. The fraction of sp³-hybridized carbons (Fsp3) is 0.776. The molecular formula is C49H109BrClNO33. The topological polar surface area (TPSA) is 561 Å². The molecule has 2 fully saturated rings. The van der Waals surface area contributed by atoms with E-state index < -0.39 is 109 Å². The van der Waals surface area contributed by atoms with Crippen molar-refractivity contribution in [3.8, 4) is 0 Å². The van der Waals surface area contributed by atoms with Gasteiger partial charge in [-0.1, -0.05) is 90.4 Å². The van der Waals surface area contributed by atoms with E-state index in [0.717, 1.165) is 38.6 Å². The molecule has 2 rings (SSSR count). The lowest BCUT2D eigenvalue weighted by Crippen LogP contribution is -2.21. The van der Waals surface area contributed by atoms with Crippen LogP contribution in [0.15, 0.2) is 25.3 Å². The van der Waals surface area contributed by atoms with Crippen molar-refractivity contribution in [1.82, 2.24) is 4.90 Å². The molecule has 0 aromatic rings. The van der Waals surface area contributed by atoms with Crippen molar-refractivity contribution in [3.05, 3.63) is 25.3 Å². The van der Waals surface area contributed by atoms with Gasteiger partial charge < -0.3 is 135 Å². The second-order valence-electron chi connectivity index (χ2n) is 12.4. The Morgan fingerprint density at radius 1 is 0.471 bits per heavy atom. The number of aliphatic hydroxyl groups excluding tert-OH is 8. The van der Waals surface area contributed by atoms with E-state index in [4.69, 9.17) is 103 Å². The van der Waals surface area contributed by atoms with Crippen LogP contribution >= 0.6 is 27.5 Å². The summed E-state index contributed by atoms with van der Waals surface area (Å²) >= 11 is 7.65. The molecule has 0 saturated carbocycles. The van der Waals surface area contributed by atoms with Gasteiger partial charge in [0.2, 0.25) is 5.24 Å². The highest BCUT2D eigenvalue weighted by Crippen LogP contribution is 1.99. The van der Waals surface area contributed by atoms with Crippen LogP contribution in [0, 0.1) is 0 Å². The maximum absolute atomic E-state index is 10.3. The third-order valence-corrected chi connectivity index (χ3v) is 6.11. The van der Waals surface area contributed by atoms with Crippen LogP contribution in [0.25, 0.3) is 0 Å². The van der Waals surface area contributed by atoms with Crippen molar-refractivity contribution in [1.29, 1.82) is 0 Å². The summed E-state index contributed by atoms with van der Waals surface area (Å²) in [5.41, 5.74) is 0. The highest BCUT2D eigenvalue weighted by Gasteiger charge is 2.00. The number of carbonyl (C=O) groups is 7. The molecule has 0 aromatic carbocycles. The lowest BCUT2D eigenvalue weighted by molar-refractivity contribution is -0.158. The summed E-state index contributed by atoms with van der Waals surface area (Å²) in [4.78, 5) is 71.5. The average molecular weight is 1360 g/mol. The number of esters is 3. The first-order valence-corrected chi connectivity index (χ1v) is 26.6. The van der Waals surface area contributed by atoms with Gasteiger partial charge in [-0.2, -0.15) is 0 Å². The number of allylic oxidation sites excluding steroid dienone is 1. The molecule has 34 nitrogen and oxygen atoms in total. The van der Waals surface area contributed by atoms with Gasteiger partial charge in [-0.3, -0.25) is 9.59 Å². The van der Waals surface area contributed by atoms with E-state index in [0.29, 0.717) is 18.5 Å². The third kappa shape index (κ3) is 263. The summed E-state index contributed by atoms with van der Waals surface area (Å²) in [6, 6.07) is 0. The van der Waals surface area contributed by atoms with E-state index in [1.54, 1.807) is 13.8 Å². The maximum atomic E-state index is 10.3. The van der Waals surface area contributed by atoms with Crippen molar-refractivity contribution < 1.29 is 163 Å². The Hall–Kier alpha value is -4.10. The Kier molecular flexibility index (Phi) is 194. The van der Waals surface area contributed by atoms with Gasteiger partial charge in [0.1, 0.15) is 86.1 Å². The maximum Gasteiger partial charge on any atom is 0.332 e. The van der Waals surface area contributed by atoms with Gasteiger partial charge in [0.05, 0.1) is 13.2 Å². The monoisotopic (exact) mass is 1350 g/mol.